The fourth-order valence-electron chi connectivity index (χ4n) is 3.64. The van der Waals surface area contributed by atoms with Gasteiger partial charge < -0.3 is 15.5 Å². The van der Waals surface area contributed by atoms with Gasteiger partial charge in [-0.3, -0.25) is 0 Å². The van der Waals surface area contributed by atoms with Gasteiger partial charge in [0, 0.05) is 30.0 Å². The van der Waals surface area contributed by atoms with Crippen molar-refractivity contribution < 1.29 is 0 Å². The van der Waals surface area contributed by atoms with Crippen LogP contribution >= 0.6 is 0 Å². The van der Waals surface area contributed by atoms with Gasteiger partial charge in [0.2, 0.25) is 0 Å². The van der Waals surface area contributed by atoms with E-state index in [1.807, 2.05) is 0 Å². The third-order valence-electron chi connectivity index (χ3n) is 5.00. The third-order valence-corrected chi connectivity index (χ3v) is 5.00. The van der Waals surface area contributed by atoms with Crippen LogP contribution in [0.3, 0.4) is 0 Å². The van der Waals surface area contributed by atoms with Crippen molar-refractivity contribution in [2.24, 2.45) is 10.9 Å². The molecule has 0 aromatic heterocycles. The zero-order valence-electron chi connectivity index (χ0n) is 15.0. The molecule has 0 radical (unpaired) electrons. The highest BCUT2D eigenvalue weighted by atomic mass is 15.2. The molecule has 0 amide bonds. The number of rotatable bonds is 4. The number of amidine groups is 1. The van der Waals surface area contributed by atoms with E-state index >= 15 is 0 Å². The summed E-state index contributed by atoms with van der Waals surface area (Å²) >= 11 is 0. The van der Waals surface area contributed by atoms with Crippen LogP contribution in [0, 0.1) is 5.92 Å². The highest BCUT2D eigenvalue weighted by molar-refractivity contribution is 5.99. The van der Waals surface area contributed by atoms with E-state index in [9.17, 15) is 0 Å². The minimum Gasteiger partial charge on any atom is -0.381 e. The maximum absolute atomic E-state index is 4.93. The van der Waals surface area contributed by atoms with Gasteiger partial charge in [0.25, 0.3) is 0 Å². The van der Waals surface area contributed by atoms with Crippen LogP contribution in [-0.4, -0.2) is 36.4 Å². The second-order valence-electron chi connectivity index (χ2n) is 7.23. The zero-order valence-corrected chi connectivity index (χ0v) is 15.0. The van der Waals surface area contributed by atoms with Crippen LogP contribution in [0.2, 0.25) is 0 Å². The van der Waals surface area contributed by atoms with Crippen LogP contribution in [0.4, 0.5) is 5.69 Å². The van der Waals surface area contributed by atoms with Gasteiger partial charge in [-0.15, -0.1) is 0 Å². The molecule has 1 aromatic rings. The second kappa shape index (κ2) is 6.89. The van der Waals surface area contributed by atoms with Crippen LogP contribution in [0.15, 0.2) is 59.4 Å². The molecule has 0 spiro atoms. The van der Waals surface area contributed by atoms with Crippen molar-refractivity contribution in [2.75, 3.05) is 25.0 Å². The summed E-state index contributed by atoms with van der Waals surface area (Å²) in [7, 11) is 0. The van der Waals surface area contributed by atoms with Gasteiger partial charge in [0.15, 0.2) is 0 Å². The van der Waals surface area contributed by atoms with Gasteiger partial charge in [-0.25, -0.2) is 4.99 Å². The molecule has 25 heavy (non-hydrogen) atoms. The highest BCUT2D eigenvalue weighted by Crippen LogP contribution is 2.31. The molecule has 0 saturated carbocycles. The quantitative estimate of drug-likeness (QED) is 0.883. The SMILES string of the molecule is CC(C)C1=C(c2ccc(NC3CCNC3)cc2)CN2C=CC=CC2=N1. The van der Waals surface area contributed by atoms with Crippen molar-refractivity contribution in [1.82, 2.24) is 10.2 Å². The molecule has 1 unspecified atom stereocenters. The Morgan fingerprint density at radius 3 is 2.76 bits per heavy atom. The van der Waals surface area contributed by atoms with Gasteiger partial charge in [-0.05, 0) is 48.7 Å². The molecule has 1 saturated heterocycles. The molecule has 0 bridgehead atoms. The van der Waals surface area contributed by atoms with Crippen molar-refractivity contribution in [2.45, 2.75) is 26.3 Å². The maximum Gasteiger partial charge on any atom is 0.133 e. The number of benzene rings is 1. The lowest BCUT2D eigenvalue weighted by molar-refractivity contribution is 0.603. The minimum absolute atomic E-state index is 0.409. The molecule has 3 aliphatic heterocycles. The summed E-state index contributed by atoms with van der Waals surface area (Å²) < 4.78 is 0. The molecule has 3 aliphatic rings. The Morgan fingerprint density at radius 1 is 1.20 bits per heavy atom. The summed E-state index contributed by atoms with van der Waals surface area (Å²) in [6.07, 6.45) is 9.51. The summed E-state index contributed by atoms with van der Waals surface area (Å²) in [4.78, 5) is 7.15. The van der Waals surface area contributed by atoms with Crippen LogP contribution in [0.25, 0.3) is 5.57 Å². The standard InChI is InChI=1S/C21H26N4/c1-15(2)21-19(14-25-12-4-3-5-20(25)24-21)16-6-8-17(9-7-16)23-18-10-11-22-13-18/h3-9,12,15,18,22-23H,10-11,13-14H2,1-2H3. The molecule has 4 nitrogen and oxygen atoms in total. The molecule has 4 heteroatoms. The van der Waals surface area contributed by atoms with Gasteiger partial charge in [-0.2, -0.15) is 0 Å². The molecule has 3 heterocycles. The highest BCUT2D eigenvalue weighted by Gasteiger charge is 2.23. The zero-order chi connectivity index (χ0) is 17.2. The fourth-order valence-corrected chi connectivity index (χ4v) is 3.64. The monoisotopic (exact) mass is 334 g/mol. The molecule has 1 fully saturated rings. The Balaban J connectivity index is 1.61. The first-order valence-electron chi connectivity index (χ1n) is 9.21. The maximum atomic E-state index is 4.93. The summed E-state index contributed by atoms with van der Waals surface area (Å²) in [6, 6.07) is 9.40. The van der Waals surface area contributed by atoms with Crippen molar-refractivity contribution in [3.63, 3.8) is 0 Å². The van der Waals surface area contributed by atoms with Gasteiger partial charge >= 0.3 is 0 Å². The largest absolute Gasteiger partial charge is 0.381 e. The van der Waals surface area contributed by atoms with E-state index in [1.165, 1.54) is 28.9 Å². The smallest absolute Gasteiger partial charge is 0.133 e. The van der Waals surface area contributed by atoms with Crippen molar-refractivity contribution in [3.8, 4) is 0 Å². The van der Waals surface area contributed by atoms with E-state index in [0.717, 1.165) is 25.5 Å². The van der Waals surface area contributed by atoms with Crippen LogP contribution in [0.1, 0.15) is 25.8 Å². The predicted octanol–water partition coefficient (Wildman–Crippen LogP) is 3.63. The van der Waals surface area contributed by atoms with E-state index in [-0.39, 0.29) is 0 Å². The Kier molecular flexibility index (Phi) is 4.45. The summed E-state index contributed by atoms with van der Waals surface area (Å²) in [5, 5.41) is 7.01. The number of hydrogen-bond donors (Lipinski definition) is 2. The van der Waals surface area contributed by atoms with E-state index in [1.54, 1.807) is 0 Å². The van der Waals surface area contributed by atoms with E-state index in [4.69, 9.17) is 4.99 Å². The Morgan fingerprint density at radius 2 is 2.04 bits per heavy atom. The van der Waals surface area contributed by atoms with Gasteiger partial charge in [0.1, 0.15) is 5.84 Å². The molecular weight excluding hydrogens is 308 g/mol. The molecule has 1 aromatic carbocycles. The van der Waals surface area contributed by atoms with E-state index in [0.29, 0.717) is 12.0 Å². The number of allylic oxidation sites excluding steroid dienone is 3. The molecular formula is C21H26N4. The number of fused-ring (bicyclic) bond motifs is 1. The third kappa shape index (κ3) is 3.40. The Labute approximate surface area is 150 Å². The molecule has 1 atom stereocenters. The van der Waals surface area contributed by atoms with E-state index in [2.05, 4.69) is 78.1 Å². The number of nitrogens with one attached hydrogen (secondary N) is 2. The first kappa shape index (κ1) is 16.2. The number of anilines is 1. The average Bonchev–Trinajstić information content (AvgIpc) is 3.14. The summed E-state index contributed by atoms with van der Waals surface area (Å²) in [5.41, 5.74) is 4.99. The van der Waals surface area contributed by atoms with Crippen molar-refractivity contribution in [3.05, 3.63) is 60.0 Å². The van der Waals surface area contributed by atoms with Crippen LogP contribution < -0.4 is 10.6 Å². The molecule has 0 aliphatic carbocycles. The number of hydrogen-bond acceptors (Lipinski definition) is 4. The predicted molar refractivity (Wildman–Crippen MR) is 106 cm³/mol. The Bertz CT molecular complexity index is 747. The second-order valence-corrected chi connectivity index (χ2v) is 7.23. The molecule has 2 N–H and O–H groups in total. The number of nitrogens with zero attached hydrogens (tertiary/aromatic N) is 2. The lowest BCUT2D eigenvalue weighted by Crippen LogP contribution is -2.31. The summed E-state index contributed by atoms with van der Waals surface area (Å²) in [5.74, 6) is 1.45. The van der Waals surface area contributed by atoms with Gasteiger partial charge in [0.05, 0.1) is 12.2 Å². The lowest BCUT2D eigenvalue weighted by Gasteiger charge is -2.31. The van der Waals surface area contributed by atoms with Crippen LogP contribution in [-0.2, 0) is 0 Å². The first-order valence-corrected chi connectivity index (χ1v) is 9.21. The van der Waals surface area contributed by atoms with E-state index < -0.39 is 0 Å². The van der Waals surface area contributed by atoms with Gasteiger partial charge in [-0.1, -0.05) is 32.1 Å². The van der Waals surface area contributed by atoms with Crippen molar-refractivity contribution in [1.29, 1.82) is 0 Å². The Hall–Kier alpha value is -2.33. The normalized spacial score (nSPS) is 22.4. The molecule has 130 valence electrons. The van der Waals surface area contributed by atoms with Crippen molar-refractivity contribution >= 4 is 17.1 Å². The lowest BCUT2D eigenvalue weighted by atomic mass is 9.95. The minimum atomic E-state index is 0.409. The topological polar surface area (TPSA) is 39.7 Å². The van der Waals surface area contributed by atoms with Crippen LogP contribution in [0.5, 0.6) is 0 Å². The first-order chi connectivity index (χ1) is 12.2. The average molecular weight is 334 g/mol. The number of aliphatic imine (C=N–C) groups is 1. The molecule has 4 rings (SSSR count). The summed E-state index contributed by atoms with van der Waals surface area (Å²) in [6.45, 7) is 7.49. The fraction of sp³-hybridized carbons (Fsp3) is 0.381.